The summed E-state index contributed by atoms with van der Waals surface area (Å²) < 4.78 is 16.9. The van der Waals surface area contributed by atoms with E-state index in [1.54, 1.807) is 7.11 Å². The molecule has 1 saturated carbocycles. The molecule has 0 radical (unpaired) electrons. The van der Waals surface area contributed by atoms with E-state index in [1.807, 2.05) is 41.3 Å². The number of methoxy groups -OCH3 is 1. The Balaban J connectivity index is 1.34. The van der Waals surface area contributed by atoms with Crippen LogP contribution in [0.1, 0.15) is 38.5 Å². The van der Waals surface area contributed by atoms with Crippen LogP contribution in [0.4, 0.5) is 5.69 Å². The number of rotatable bonds is 6. The van der Waals surface area contributed by atoms with Gasteiger partial charge in [-0.3, -0.25) is 9.59 Å². The topological polar surface area (TPSA) is 81.0 Å². The SMILES string of the molecule is COc1cc2c(cc1NC(=O)CC1(CC(=O)N3CCOCC3)CCCC1)oc1ccccc12. The van der Waals surface area contributed by atoms with Crippen molar-refractivity contribution in [3.05, 3.63) is 36.4 Å². The molecular weight excluding hydrogens is 420 g/mol. The van der Waals surface area contributed by atoms with Crippen LogP contribution in [0.2, 0.25) is 0 Å². The highest BCUT2D eigenvalue weighted by atomic mass is 16.5. The minimum Gasteiger partial charge on any atom is -0.495 e. The first-order valence-electron chi connectivity index (χ1n) is 11.7. The van der Waals surface area contributed by atoms with Crippen molar-refractivity contribution in [1.82, 2.24) is 4.90 Å². The maximum atomic E-state index is 13.2. The summed E-state index contributed by atoms with van der Waals surface area (Å²) in [6.07, 6.45) is 4.65. The molecule has 2 fully saturated rings. The zero-order chi connectivity index (χ0) is 22.8. The molecule has 174 valence electrons. The maximum Gasteiger partial charge on any atom is 0.225 e. The highest BCUT2D eigenvalue weighted by Crippen LogP contribution is 2.45. The summed E-state index contributed by atoms with van der Waals surface area (Å²) in [7, 11) is 1.60. The summed E-state index contributed by atoms with van der Waals surface area (Å²) in [5.74, 6) is 0.627. The van der Waals surface area contributed by atoms with Crippen molar-refractivity contribution in [1.29, 1.82) is 0 Å². The highest BCUT2D eigenvalue weighted by Gasteiger charge is 2.39. The van der Waals surface area contributed by atoms with Gasteiger partial charge in [-0.25, -0.2) is 0 Å². The van der Waals surface area contributed by atoms with Gasteiger partial charge in [0, 0.05) is 42.8 Å². The maximum absolute atomic E-state index is 13.2. The van der Waals surface area contributed by atoms with Gasteiger partial charge in [-0.2, -0.15) is 0 Å². The first-order valence-corrected chi connectivity index (χ1v) is 11.7. The van der Waals surface area contributed by atoms with E-state index in [-0.39, 0.29) is 17.2 Å². The first kappa shape index (κ1) is 21.8. The number of nitrogens with one attached hydrogen (secondary N) is 1. The molecule has 5 rings (SSSR count). The van der Waals surface area contributed by atoms with Crippen molar-refractivity contribution in [2.24, 2.45) is 5.41 Å². The van der Waals surface area contributed by atoms with Gasteiger partial charge in [-0.1, -0.05) is 31.0 Å². The highest BCUT2D eigenvalue weighted by molar-refractivity contribution is 6.07. The van der Waals surface area contributed by atoms with Crippen LogP contribution in [-0.2, 0) is 14.3 Å². The van der Waals surface area contributed by atoms with Gasteiger partial charge in [-0.05, 0) is 30.4 Å². The van der Waals surface area contributed by atoms with Crippen molar-refractivity contribution in [2.45, 2.75) is 38.5 Å². The Morgan fingerprint density at radius 2 is 1.79 bits per heavy atom. The third-order valence-corrected chi connectivity index (χ3v) is 7.06. The average molecular weight is 451 g/mol. The molecule has 7 nitrogen and oxygen atoms in total. The molecule has 1 aromatic heterocycles. The van der Waals surface area contributed by atoms with E-state index >= 15 is 0 Å². The molecule has 3 aromatic rings. The van der Waals surface area contributed by atoms with Crippen molar-refractivity contribution in [3.63, 3.8) is 0 Å². The summed E-state index contributed by atoms with van der Waals surface area (Å²) in [5.41, 5.74) is 1.80. The molecule has 2 aromatic carbocycles. The number of furan rings is 1. The largest absolute Gasteiger partial charge is 0.495 e. The van der Waals surface area contributed by atoms with Crippen LogP contribution >= 0.6 is 0 Å². The van der Waals surface area contributed by atoms with Crippen molar-refractivity contribution < 1.29 is 23.5 Å². The quantitative estimate of drug-likeness (QED) is 0.587. The summed E-state index contributed by atoms with van der Waals surface area (Å²) >= 11 is 0. The Morgan fingerprint density at radius 1 is 1.03 bits per heavy atom. The predicted octanol–water partition coefficient (Wildman–Crippen LogP) is 4.73. The second-order valence-corrected chi connectivity index (χ2v) is 9.25. The van der Waals surface area contributed by atoms with Crippen LogP contribution in [0.25, 0.3) is 21.9 Å². The number of anilines is 1. The lowest BCUT2D eigenvalue weighted by Crippen LogP contribution is -2.43. The zero-order valence-corrected chi connectivity index (χ0v) is 19.0. The van der Waals surface area contributed by atoms with Crippen LogP contribution in [0.15, 0.2) is 40.8 Å². The van der Waals surface area contributed by atoms with E-state index < -0.39 is 0 Å². The van der Waals surface area contributed by atoms with E-state index in [1.165, 1.54) is 0 Å². The van der Waals surface area contributed by atoms with Crippen molar-refractivity contribution >= 4 is 39.4 Å². The van der Waals surface area contributed by atoms with E-state index in [4.69, 9.17) is 13.9 Å². The van der Waals surface area contributed by atoms with Gasteiger partial charge in [0.05, 0.1) is 26.0 Å². The molecule has 1 saturated heterocycles. The van der Waals surface area contributed by atoms with Crippen molar-refractivity contribution in [3.8, 4) is 5.75 Å². The monoisotopic (exact) mass is 450 g/mol. The van der Waals surface area contributed by atoms with Crippen LogP contribution in [0.5, 0.6) is 5.75 Å². The predicted molar refractivity (Wildman–Crippen MR) is 126 cm³/mol. The fourth-order valence-corrected chi connectivity index (χ4v) is 5.34. The number of nitrogens with zero attached hydrogens (tertiary/aromatic N) is 1. The number of fused-ring (bicyclic) bond motifs is 3. The van der Waals surface area contributed by atoms with Gasteiger partial charge in [-0.15, -0.1) is 0 Å². The number of benzene rings is 2. The normalized spacial score (nSPS) is 18.0. The summed E-state index contributed by atoms with van der Waals surface area (Å²) in [6, 6.07) is 11.6. The molecule has 1 aliphatic heterocycles. The second-order valence-electron chi connectivity index (χ2n) is 9.25. The molecule has 2 heterocycles. The minimum atomic E-state index is -0.282. The molecule has 33 heavy (non-hydrogen) atoms. The van der Waals surface area contributed by atoms with E-state index in [9.17, 15) is 9.59 Å². The van der Waals surface area contributed by atoms with Gasteiger partial charge >= 0.3 is 0 Å². The van der Waals surface area contributed by atoms with Crippen LogP contribution in [0.3, 0.4) is 0 Å². The molecular formula is C26H30N2O5. The number of carbonyl (C=O) groups excluding carboxylic acids is 2. The molecule has 7 heteroatoms. The standard InChI is InChI=1S/C26H30N2O5/c1-31-23-14-19-18-6-2-3-7-21(18)33-22(19)15-20(23)27-24(29)16-26(8-4-5-9-26)17-25(30)28-10-12-32-13-11-28/h2-3,6-7,14-15H,4-5,8-13,16-17H2,1H3,(H,27,29). The molecule has 2 aliphatic rings. The Bertz CT molecular complexity index is 1170. The Morgan fingerprint density at radius 3 is 2.55 bits per heavy atom. The zero-order valence-electron chi connectivity index (χ0n) is 19.0. The molecule has 0 unspecified atom stereocenters. The number of hydrogen-bond donors (Lipinski definition) is 1. The van der Waals surface area contributed by atoms with E-state index in [2.05, 4.69) is 5.32 Å². The van der Waals surface area contributed by atoms with Gasteiger partial charge in [0.25, 0.3) is 0 Å². The summed E-state index contributed by atoms with van der Waals surface area (Å²) in [4.78, 5) is 28.0. The lowest BCUT2D eigenvalue weighted by atomic mass is 9.78. The fraction of sp³-hybridized carbons (Fsp3) is 0.462. The Labute approximate surface area is 193 Å². The fourth-order valence-electron chi connectivity index (χ4n) is 5.34. The van der Waals surface area contributed by atoms with E-state index in [0.717, 1.165) is 42.0 Å². The Hall–Kier alpha value is -3.06. The molecule has 0 spiro atoms. The summed E-state index contributed by atoms with van der Waals surface area (Å²) in [6.45, 7) is 2.44. The van der Waals surface area contributed by atoms with Gasteiger partial charge in [0.2, 0.25) is 11.8 Å². The van der Waals surface area contributed by atoms with Crippen LogP contribution in [0, 0.1) is 5.41 Å². The molecule has 0 atom stereocenters. The number of ether oxygens (including phenoxy) is 2. The Kier molecular flexibility index (Phi) is 5.98. The number of para-hydroxylation sites is 1. The lowest BCUT2D eigenvalue weighted by Gasteiger charge is -2.33. The number of morpholine rings is 1. The molecule has 2 amide bonds. The van der Waals surface area contributed by atoms with E-state index in [0.29, 0.717) is 56.2 Å². The third-order valence-electron chi connectivity index (χ3n) is 7.06. The van der Waals surface area contributed by atoms with Gasteiger partial charge < -0.3 is 24.1 Å². The lowest BCUT2D eigenvalue weighted by molar-refractivity contribution is -0.138. The molecule has 1 aliphatic carbocycles. The van der Waals surface area contributed by atoms with Gasteiger partial charge in [0.15, 0.2) is 0 Å². The first-order chi connectivity index (χ1) is 16.1. The average Bonchev–Trinajstić information content (AvgIpc) is 3.42. The van der Waals surface area contributed by atoms with Crippen LogP contribution in [-0.4, -0.2) is 50.1 Å². The third kappa shape index (κ3) is 4.42. The minimum absolute atomic E-state index is 0.0968. The second kappa shape index (κ2) is 9.06. The molecule has 1 N–H and O–H groups in total. The number of carbonyl (C=O) groups is 2. The smallest absolute Gasteiger partial charge is 0.225 e. The van der Waals surface area contributed by atoms with Crippen LogP contribution < -0.4 is 10.1 Å². The molecule has 0 bridgehead atoms. The number of hydrogen-bond acceptors (Lipinski definition) is 5. The number of amides is 2. The van der Waals surface area contributed by atoms with Crippen molar-refractivity contribution in [2.75, 3.05) is 38.7 Å². The summed E-state index contributed by atoms with van der Waals surface area (Å²) in [5, 5.41) is 4.99. The van der Waals surface area contributed by atoms with Gasteiger partial charge in [0.1, 0.15) is 16.9 Å².